The molecule has 0 bridgehead atoms. The highest BCUT2D eigenvalue weighted by molar-refractivity contribution is 6.34. The molecule has 0 saturated carbocycles. The molecule has 2 atom stereocenters. The lowest BCUT2D eigenvalue weighted by molar-refractivity contribution is -0.0956. The highest BCUT2D eigenvalue weighted by Crippen LogP contribution is 2.36. The van der Waals surface area contributed by atoms with Crippen LogP contribution in [0, 0.1) is 0 Å². The SMILES string of the molecule is O=C(OCCC1CCCC(n2ccnc2-c2ccccc2Nc2nc(Cl)ncc2Cl)O1)c1cccnc1Nc1nc(Cl)ncc1Cl. The number of para-hydroxylation sites is 1. The summed E-state index contributed by atoms with van der Waals surface area (Å²) in [6.45, 7) is 0.149. The molecule has 16 heteroatoms. The second kappa shape index (κ2) is 14.6. The molecular formula is C30H25Cl4N9O3. The smallest absolute Gasteiger partial charge is 0.341 e. The fourth-order valence-electron chi connectivity index (χ4n) is 4.97. The van der Waals surface area contributed by atoms with Gasteiger partial charge in [-0.2, -0.15) is 9.97 Å². The Balaban J connectivity index is 1.10. The Hall–Kier alpha value is -4.07. The van der Waals surface area contributed by atoms with Crippen molar-refractivity contribution >= 4 is 75.5 Å². The van der Waals surface area contributed by atoms with E-state index in [9.17, 15) is 4.79 Å². The van der Waals surface area contributed by atoms with Gasteiger partial charge in [0.15, 0.2) is 11.6 Å². The lowest BCUT2D eigenvalue weighted by Crippen LogP contribution is -2.27. The number of nitrogens with one attached hydrogen (secondary N) is 2. The largest absolute Gasteiger partial charge is 0.462 e. The fourth-order valence-corrected chi connectivity index (χ4v) is 5.52. The molecule has 5 aromatic rings. The van der Waals surface area contributed by atoms with E-state index in [2.05, 4.69) is 40.5 Å². The van der Waals surface area contributed by atoms with Gasteiger partial charge in [0.25, 0.3) is 0 Å². The molecule has 4 aromatic heterocycles. The molecule has 0 spiro atoms. The molecule has 2 N–H and O–H groups in total. The number of esters is 1. The molecule has 2 unspecified atom stereocenters. The third-order valence-electron chi connectivity index (χ3n) is 7.09. The van der Waals surface area contributed by atoms with Gasteiger partial charge in [0.05, 0.1) is 30.8 Å². The second-order valence-corrected chi connectivity index (χ2v) is 11.6. The molecule has 5 heterocycles. The van der Waals surface area contributed by atoms with Crippen LogP contribution in [-0.2, 0) is 9.47 Å². The number of anilines is 4. The predicted octanol–water partition coefficient (Wildman–Crippen LogP) is 7.94. The Morgan fingerprint density at radius 2 is 1.61 bits per heavy atom. The first-order valence-corrected chi connectivity index (χ1v) is 15.7. The summed E-state index contributed by atoms with van der Waals surface area (Å²) in [6.07, 6.45) is 10.6. The first-order valence-electron chi connectivity index (χ1n) is 14.2. The van der Waals surface area contributed by atoms with E-state index < -0.39 is 5.97 Å². The number of benzene rings is 1. The molecular weight excluding hydrogens is 676 g/mol. The number of ether oxygens (including phenoxy) is 2. The average Bonchev–Trinajstić information content (AvgIpc) is 3.55. The molecule has 236 valence electrons. The first-order chi connectivity index (χ1) is 22.4. The van der Waals surface area contributed by atoms with Crippen molar-refractivity contribution in [3.05, 3.63) is 93.6 Å². The van der Waals surface area contributed by atoms with Crippen LogP contribution in [0.25, 0.3) is 11.4 Å². The van der Waals surface area contributed by atoms with E-state index in [1.54, 1.807) is 18.3 Å². The summed E-state index contributed by atoms with van der Waals surface area (Å²) in [5, 5.41) is 6.80. The number of nitrogens with zero attached hydrogens (tertiary/aromatic N) is 7. The van der Waals surface area contributed by atoms with E-state index in [1.165, 1.54) is 18.6 Å². The van der Waals surface area contributed by atoms with Crippen LogP contribution in [0.5, 0.6) is 0 Å². The van der Waals surface area contributed by atoms with Crippen LogP contribution in [0.3, 0.4) is 0 Å². The van der Waals surface area contributed by atoms with Gasteiger partial charge in [-0.1, -0.05) is 35.3 Å². The molecule has 1 aliphatic rings. The monoisotopic (exact) mass is 699 g/mol. The first kappa shape index (κ1) is 31.9. The van der Waals surface area contributed by atoms with Gasteiger partial charge >= 0.3 is 5.97 Å². The molecule has 46 heavy (non-hydrogen) atoms. The summed E-state index contributed by atoms with van der Waals surface area (Å²) in [5.74, 6) is 0.983. The van der Waals surface area contributed by atoms with Crippen LogP contribution in [0.1, 0.15) is 42.3 Å². The number of carbonyl (C=O) groups excluding carboxylic acids is 1. The minimum absolute atomic E-state index is 0.000962. The number of hydrogen-bond acceptors (Lipinski definition) is 11. The summed E-state index contributed by atoms with van der Waals surface area (Å²) in [6, 6.07) is 10.9. The second-order valence-electron chi connectivity index (χ2n) is 10.1. The van der Waals surface area contributed by atoms with Gasteiger partial charge in [-0.25, -0.2) is 24.7 Å². The molecule has 1 aromatic carbocycles. The third-order valence-corrected chi connectivity index (χ3v) is 8.01. The van der Waals surface area contributed by atoms with Gasteiger partial charge in [-0.15, -0.1) is 0 Å². The molecule has 0 aliphatic carbocycles. The van der Waals surface area contributed by atoms with Gasteiger partial charge < -0.3 is 24.7 Å². The average molecular weight is 701 g/mol. The van der Waals surface area contributed by atoms with Crippen molar-refractivity contribution < 1.29 is 14.3 Å². The highest BCUT2D eigenvalue weighted by Gasteiger charge is 2.27. The number of pyridine rings is 1. The van der Waals surface area contributed by atoms with Crippen molar-refractivity contribution in [1.82, 2.24) is 34.5 Å². The summed E-state index contributed by atoms with van der Waals surface area (Å²) >= 11 is 24.4. The van der Waals surface area contributed by atoms with Crippen molar-refractivity contribution in [2.75, 3.05) is 17.2 Å². The minimum Gasteiger partial charge on any atom is -0.462 e. The molecule has 6 rings (SSSR count). The number of aromatic nitrogens is 7. The van der Waals surface area contributed by atoms with Crippen molar-refractivity contribution in [1.29, 1.82) is 0 Å². The van der Waals surface area contributed by atoms with E-state index in [0.29, 0.717) is 23.1 Å². The van der Waals surface area contributed by atoms with Gasteiger partial charge in [0, 0.05) is 30.6 Å². The summed E-state index contributed by atoms with van der Waals surface area (Å²) in [4.78, 5) is 37.9. The number of imidazole rings is 1. The van der Waals surface area contributed by atoms with Crippen LogP contribution in [0.2, 0.25) is 20.6 Å². The standard InChI is InChI=1S/C30H25Cl4N9O3/c31-20-15-37-29(33)41-25(20)39-22-8-2-1-6-18(22)27-36-12-13-43(27)23-9-3-5-17(46-23)10-14-45-28(44)19-7-4-11-35-24(19)40-26-21(32)16-38-30(34)42-26/h1-2,4,6-8,11-13,15-17,23H,3,5,9-10,14H2,(H,37,39,41)(H,35,38,40,42). The van der Waals surface area contributed by atoms with E-state index in [-0.39, 0.29) is 51.7 Å². The number of carbonyl (C=O) groups is 1. The van der Waals surface area contributed by atoms with E-state index in [1.807, 2.05) is 35.0 Å². The maximum atomic E-state index is 13.0. The lowest BCUT2D eigenvalue weighted by Gasteiger charge is -2.31. The Morgan fingerprint density at radius 3 is 2.39 bits per heavy atom. The Bertz CT molecular complexity index is 1860. The zero-order valence-electron chi connectivity index (χ0n) is 23.9. The molecule has 1 fully saturated rings. The van der Waals surface area contributed by atoms with Crippen molar-refractivity contribution in [2.24, 2.45) is 0 Å². The normalized spacial score (nSPS) is 16.2. The number of halogens is 4. The number of rotatable bonds is 10. The quantitative estimate of drug-likeness (QED) is 0.108. The van der Waals surface area contributed by atoms with Crippen LogP contribution >= 0.6 is 46.4 Å². The van der Waals surface area contributed by atoms with Crippen LogP contribution < -0.4 is 10.6 Å². The van der Waals surface area contributed by atoms with Crippen LogP contribution in [0.4, 0.5) is 23.1 Å². The van der Waals surface area contributed by atoms with Crippen molar-refractivity contribution in [3.8, 4) is 11.4 Å². The maximum absolute atomic E-state index is 13.0. The zero-order valence-corrected chi connectivity index (χ0v) is 26.9. The van der Waals surface area contributed by atoms with E-state index >= 15 is 0 Å². The molecule has 1 aliphatic heterocycles. The van der Waals surface area contributed by atoms with Crippen molar-refractivity contribution in [3.63, 3.8) is 0 Å². The molecule has 1 saturated heterocycles. The minimum atomic E-state index is -0.551. The summed E-state index contributed by atoms with van der Waals surface area (Å²) in [7, 11) is 0. The topological polar surface area (TPSA) is 142 Å². The Labute approximate surface area is 283 Å². The Morgan fingerprint density at radius 1 is 0.870 bits per heavy atom. The van der Waals surface area contributed by atoms with Crippen molar-refractivity contribution in [2.45, 2.75) is 38.0 Å². The third kappa shape index (κ3) is 7.48. The van der Waals surface area contributed by atoms with Gasteiger partial charge in [-0.3, -0.25) is 0 Å². The lowest BCUT2D eigenvalue weighted by atomic mass is 10.0. The maximum Gasteiger partial charge on any atom is 0.341 e. The summed E-state index contributed by atoms with van der Waals surface area (Å²) < 4.78 is 14.1. The molecule has 12 nitrogen and oxygen atoms in total. The number of hydrogen-bond donors (Lipinski definition) is 2. The van der Waals surface area contributed by atoms with E-state index in [4.69, 9.17) is 55.9 Å². The van der Waals surface area contributed by atoms with Gasteiger partial charge in [0.1, 0.15) is 33.5 Å². The highest BCUT2D eigenvalue weighted by atomic mass is 35.5. The molecule has 0 amide bonds. The molecule has 0 radical (unpaired) electrons. The van der Waals surface area contributed by atoms with Crippen LogP contribution in [-0.4, -0.2) is 53.2 Å². The van der Waals surface area contributed by atoms with Gasteiger partial charge in [-0.05, 0) is 66.7 Å². The Kier molecular flexibility index (Phi) is 10.1. The van der Waals surface area contributed by atoms with Crippen LogP contribution in [0.15, 0.2) is 67.4 Å². The predicted molar refractivity (Wildman–Crippen MR) is 175 cm³/mol. The summed E-state index contributed by atoms with van der Waals surface area (Å²) in [5.41, 5.74) is 1.78. The zero-order chi connectivity index (χ0) is 32.0. The fraction of sp³-hybridized carbons (Fsp3) is 0.233. The van der Waals surface area contributed by atoms with Gasteiger partial charge in [0.2, 0.25) is 10.6 Å². The van der Waals surface area contributed by atoms with E-state index in [0.717, 1.165) is 30.5 Å².